The summed E-state index contributed by atoms with van der Waals surface area (Å²) in [6, 6.07) is 7.87. The molecule has 0 atom stereocenters. The molecular formula is C19H20N8. The summed E-state index contributed by atoms with van der Waals surface area (Å²) in [5.41, 5.74) is 17.8. The summed E-state index contributed by atoms with van der Waals surface area (Å²) in [7, 11) is 0. The quantitative estimate of drug-likeness (QED) is 0.576. The molecule has 4 rings (SSSR count). The third-order valence-electron chi connectivity index (χ3n) is 4.69. The van der Waals surface area contributed by atoms with E-state index in [0.717, 1.165) is 11.1 Å². The molecule has 27 heavy (non-hydrogen) atoms. The van der Waals surface area contributed by atoms with Crippen molar-refractivity contribution in [3.05, 3.63) is 41.6 Å². The summed E-state index contributed by atoms with van der Waals surface area (Å²) in [5, 5.41) is 0. The van der Waals surface area contributed by atoms with Gasteiger partial charge in [0.25, 0.3) is 0 Å². The van der Waals surface area contributed by atoms with Crippen LogP contribution in [0.1, 0.15) is 18.1 Å². The Balaban J connectivity index is 2.06. The maximum absolute atomic E-state index is 6.04. The number of rotatable bonds is 3. The molecule has 136 valence electrons. The van der Waals surface area contributed by atoms with E-state index in [1.54, 1.807) is 12.3 Å². The minimum Gasteiger partial charge on any atom is -0.368 e. The second-order valence-electron chi connectivity index (χ2n) is 6.33. The van der Waals surface area contributed by atoms with E-state index in [9.17, 15) is 0 Å². The van der Waals surface area contributed by atoms with Crippen LogP contribution in [0.3, 0.4) is 0 Å². The van der Waals surface area contributed by atoms with Crippen LogP contribution in [0.2, 0.25) is 0 Å². The zero-order valence-electron chi connectivity index (χ0n) is 15.4. The second-order valence-corrected chi connectivity index (χ2v) is 6.33. The Labute approximate surface area is 156 Å². The first-order chi connectivity index (χ1) is 13.0. The number of nitrogen functional groups attached to an aromatic ring is 2. The molecule has 3 heterocycles. The molecule has 8 nitrogen and oxygen atoms in total. The van der Waals surface area contributed by atoms with Gasteiger partial charge in [-0.1, -0.05) is 18.2 Å². The Kier molecular flexibility index (Phi) is 3.95. The lowest BCUT2D eigenvalue weighted by molar-refractivity contribution is 0.783. The molecule has 0 bridgehead atoms. The highest BCUT2D eigenvalue weighted by Crippen LogP contribution is 2.32. The van der Waals surface area contributed by atoms with Crippen LogP contribution in [0.25, 0.3) is 33.9 Å². The van der Waals surface area contributed by atoms with Gasteiger partial charge in [-0.15, -0.1) is 0 Å². The maximum Gasteiger partial charge on any atom is 0.222 e. The molecule has 0 amide bonds. The predicted octanol–water partition coefficient (Wildman–Crippen LogP) is 2.75. The van der Waals surface area contributed by atoms with E-state index in [-0.39, 0.29) is 11.9 Å². The molecule has 0 spiro atoms. The first-order valence-corrected chi connectivity index (χ1v) is 8.68. The normalized spacial score (nSPS) is 11.2. The van der Waals surface area contributed by atoms with Crippen molar-refractivity contribution >= 4 is 23.1 Å². The van der Waals surface area contributed by atoms with Crippen LogP contribution in [0.4, 0.5) is 11.9 Å². The Morgan fingerprint density at radius 3 is 2.52 bits per heavy atom. The summed E-state index contributed by atoms with van der Waals surface area (Å²) in [6.45, 7) is 6.81. The number of benzene rings is 1. The minimum absolute atomic E-state index is 0.197. The van der Waals surface area contributed by atoms with Gasteiger partial charge in [-0.2, -0.15) is 4.98 Å². The van der Waals surface area contributed by atoms with Crippen molar-refractivity contribution in [3.8, 4) is 22.8 Å². The van der Waals surface area contributed by atoms with Gasteiger partial charge >= 0.3 is 0 Å². The lowest BCUT2D eigenvalue weighted by atomic mass is 10.0. The third kappa shape index (κ3) is 2.75. The molecule has 0 saturated carbocycles. The number of aryl methyl sites for hydroxylation is 2. The topological polar surface area (TPSA) is 121 Å². The van der Waals surface area contributed by atoms with Crippen molar-refractivity contribution in [2.24, 2.45) is 0 Å². The molecule has 1 aromatic carbocycles. The van der Waals surface area contributed by atoms with Gasteiger partial charge in [0.15, 0.2) is 11.5 Å². The van der Waals surface area contributed by atoms with Gasteiger partial charge in [0.05, 0.1) is 0 Å². The second kappa shape index (κ2) is 6.31. The Morgan fingerprint density at radius 2 is 1.78 bits per heavy atom. The van der Waals surface area contributed by atoms with E-state index in [0.29, 0.717) is 34.9 Å². The van der Waals surface area contributed by atoms with Crippen LogP contribution in [0.5, 0.6) is 0 Å². The predicted molar refractivity (Wildman–Crippen MR) is 106 cm³/mol. The zero-order valence-corrected chi connectivity index (χ0v) is 15.4. The molecule has 0 aliphatic carbocycles. The number of aromatic nitrogens is 6. The van der Waals surface area contributed by atoms with Crippen molar-refractivity contribution in [3.63, 3.8) is 0 Å². The van der Waals surface area contributed by atoms with E-state index in [1.165, 1.54) is 5.56 Å². The van der Waals surface area contributed by atoms with Crippen molar-refractivity contribution in [2.75, 3.05) is 11.5 Å². The number of hydrogen-bond acceptors (Lipinski definition) is 7. The number of fused-ring (bicyclic) bond motifs is 1. The first-order valence-electron chi connectivity index (χ1n) is 8.68. The third-order valence-corrected chi connectivity index (χ3v) is 4.69. The van der Waals surface area contributed by atoms with Crippen LogP contribution in [-0.2, 0) is 6.54 Å². The lowest BCUT2D eigenvalue weighted by Crippen LogP contribution is -2.04. The number of hydrogen-bond donors (Lipinski definition) is 2. The van der Waals surface area contributed by atoms with E-state index in [2.05, 4.69) is 39.8 Å². The van der Waals surface area contributed by atoms with Crippen molar-refractivity contribution < 1.29 is 0 Å². The van der Waals surface area contributed by atoms with E-state index in [4.69, 9.17) is 16.5 Å². The van der Waals surface area contributed by atoms with Crippen LogP contribution in [-0.4, -0.2) is 29.5 Å². The molecule has 4 N–H and O–H groups in total. The number of nitrogens with two attached hydrogens (primary N) is 2. The summed E-state index contributed by atoms with van der Waals surface area (Å²) in [5.74, 6) is 1.07. The average molecular weight is 360 g/mol. The van der Waals surface area contributed by atoms with E-state index in [1.807, 2.05) is 23.6 Å². The Morgan fingerprint density at radius 1 is 0.963 bits per heavy atom. The molecule has 0 aliphatic heterocycles. The Hall–Kier alpha value is -3.55. The highest BCUT2D eigenvalue weighted by atomic mass is 15.2. The monoisotopic (exact) mass is 360 g/mol. The van der Waals surface area contributed by atoms with Crippen LogP contribution >= 0.6 is 0 Å². The van der Waals surface area contributed by atoms with Gasteiger partial charge < -0.3 is 16.0 Å². The largest absolute Gasteiger partial charge is 0.368 e. The number of nitrogens with zero attached hydrogens (tertiary/aromatic N) is 6. The molecule has 8 heteroatoms. The van der Waals surface area contributed by atoms with E-state index >= 15 is 0 Å². The van der Waals surface area contributed by atoms with Crippen LogP contribution < -0.4 is 11.5 Å². The maximum atomic E-state index is 6.04. The summed E-state index contributed by atoms with van der Waals surface area (Å²) < 4.78 is 1.96. The number of imidazole rings is 1. The lowest BCUT2D eigenvalue weighted by Gasteiger charge is -2.09. The SMILES string of the molecule is CCn1c(-c2ccnc(N)n2)nc2c(-c3cccc(C)c3C)nc(N)nc21. The van der Waals surface area contributed by atoms with Gasteiger partial charge in [-0.3, -0.25) is 0 Å². The van der Waals surface area contributed by atoms with Gasteiger partial charge in [-0.25, -0.2) is 19.9 Å². The van der Waals surface area contributed by atoms with Gasteiger partial charge in [0.1, 0.15) is 16.9 Å². The van der Waals surface area contributed by atoms with Gasteiger partial charge in [0, 0.05) is 18.3 Å². The Bertz CT molecular complexity index is 1160. The molecule has 0 radical (unpaired) electrons. The number of anilines is 2. The van der Waals surface area contributed by atoms with Crippen molar-refractivity contribution in [1.29, 1.82) is 0 Å². The summed E-state index contributed by atoms with van der Waals surface area (Å²) in [4.78, 5) is 22.0. The highest BCUT2D eigenvalue weighted by Gasteiger charge is 2.20. The minimum atomic E-state index is 0.197. The molecule has 3 aromatic heterocycles. The molecule has 0 saturated heterocycles. The smallest absolute Gasteiger partial charge is 0.222 e. The molecular weight excluding hydrogens is 340 g/mol. The molecule has 0 unspecified atom stereocenters. The van der Waals surface area contributed by atoms with Crippen molar-refractivity contribution in [1.82, 2.24) is 29.5 Å². The fourth-order valence-corrected chi connectivity index (χ4v) is 3.21. The summed E-state index contributed by atoms with van der Waals surface area (Å²) >= 11 is 0. The van der Waals surface area contributed by atoms with Crippen LogP contribution in [0, 0.1) is 13.8 Å². The fourth-order valence-electron chi connectivity index (χ4n) is 3.21. The average Bonchev–Trinajstić information content (AvgIpc) is 3.02. The van der Waals surface area contributed by atoms with Crippen molar-refractivity contribution in [2.45, 2.75) is 27.3 Å². The van der Waals surface area contributed by atoms with Gasteiger partial charge in [-0.05, 0) is 38.0 Å². The van der Waals surface area contributed by atoms with Gasteiger partial charge in [0.2, 0.25) is 11.9 Å². The standard InChI is InChI=1S/C19H20N8/c1-4-27-16(13-8-9-22-18(20)23-13)24-15-14(25-19(21)26-17(15)27)12-7-5-6-10(2)11(12)3/h5-9H,4H2,1-3H3,(H2,20,22,23)(H2,21,25,26). The highest BCUT2D eigenvalue weighted by molar-refractivity contribution is 5.91. The summed E-state index contributed by atoms with van der Waals surface area (Å²) in [6.07, 6.45) is 1.61. The van der Waals surface area contributed by atoms with Crippen LogP contribution in [0.15, 0.2) is 30.5 Å². The molecule has 4 aromatic rings. The van der Waals surface area contributed by atoms with E-state index < -0.39 is 0 Å². The molecule has 0 fully saturated rings. The zero-order chi connectivity index (χ0) is 19.1. The molecule has 0 aliphatic rings. The first kappa shape index (κ1) is 16.9. The fraction of sp³-hybridized carbons (Fsp3) is 0.211.